The van der Waals surface area contributed by atoms with Gasteiger partial charge in [-0.25, -0.2) is 0 Å². The van der Waals surface area contributed by atoms with Gasteiger partial charge >= 0.3 is 0 Å². The fraction of sp³-hybridized carbons (Fsp3) is 0.143. The van der Waals surface area contributed by atoms with Crippen molar-refractivity contribution in [2.75, 3.05) is 0 Å². The Bertz CT molecular complexity index is 146. The Morgan fingerprint density at radius 1 is 1.38 bits per heavy atom. The highest BCUT2D eigenvalue weighted by atomic mass is 14.6. The van der Waals surface area contributed by atoms with Crippen molar-refractivity contribution in [2.24, 2.45) is 0 Å². The molecule has 1 heterocycles. The number of hydrogen-bond donors (Lipinski definition) is 0. The van der Waals surface area contributed by atoms with E-state index in [9.17, 15) is 0 Å². The fourth-order valence-electron chi connectivity index (χ4n) is 0.549. The van der Waals surface area contributed by atoms with Crippen LogP contribution in [0, 0.1) is 6.92 Å². The summed E-state index contributed by atoms with van der Waals surface area (Å²) < 4.78 is 0. The van der Waals surface area contributed by atoms with Crippen LogP contribution in [0.25, 0.3) is 0 Å². The molecule has 0 aromatic carbocycles. The van der Waals surface area contributed by atoms with Crippen LogP contribution in [0.15, 0.2) is 24.5 Å². The molecule has 0 N–H and O–H groups in total. The summed E-state index contributed by atoms with van der Waals surface area (Å²) in [5, 5.41) is 0. The first kappa shape index (κ1) is 5.29. The second kappa shape index (κ2) is 2.46. The molecule has 0 saturated carbocycles. The van der Waals surface area contributed by atoms with E-state index < -0.39 is 0 Å². The quantitative estimate of drug-likeness (QED) is 0.494. The van der Waals surface area contributed by atoms with Crippen molar-refractivity contribution in [1.82, 2.24) is 4.98 Å². The topological polar surface area (TPSA) is 12.9 Å². The molecule has 0 radical (unpaired) electrons. The summed E-state index contributed by atoms with van der Waals surface area (Å²) in [6.07, 6.45) is 4.41. The number of nitrogens with zero attached hydrogens (tertiary/aromatic N) is 1. The molecule has 8 heavy (non-hydrogen) atoms. The summed E-state index contributed by atoms with van der Waals surface area (Å²) in [4.78, 5) is 3.87. The third-order valence-corrected chi connectivity index (χ3v) is 1.04. The third-order valence-electron chi connectivity index (χ3n) is 1.04. The van der Waals surface area contributed by atoms with Crippen molar-refractivity contribution < 1.29 is 0 Å². The van der Waals surface area contributed by atoms with Crippen molar-refractivity contribution in [1.29, 1.82) is 0 Å². The number of hydrogen-bond acceptors (Lipinski definition) is 1. The van der Waals surface area contributed by atoms with Gasteiger partial charge in [0.25, 0.3) is 0 Å². The van der Waals surface area contributed by atoms with Crippen LogP contribution in [0.5, 0.6) is 0 Å². The zero-order valence-electron chi connectivity index (χ0n) is 4.67. The Labute approximate surface area is 49.4 Å². The van der Waals surface area contributed by atoms with Crippen LogP contribution in [0.1, 0.15) is 5.56 Å². The monoisotopic (exact) mass is 106 g/mol. The maximum atomic E-state index is 3.87. The van der Waals surface area contributed by atoms with Crippen LogP contribution in [-0.2, 0) is 6.42 Å². The lowest BCUT2D eigenvalue weighted by Gasteiger charge is -1.94. The highest BCUT2D eigenvalue weighted by molar-refractivity contribution is 5.09. The summed E-state index contributed by atoms with van der Waals surface area (Å²) in [6, 6.07) is 3.93. The Hall–Kier alpha value is -0.850. The molecule has 1 rings (SSSR count). The molecular formula is C7H8N-. The highest BCUT2D eigenvalue weighted by Crippen LogP contribution is 1.94. The molecule has 0 amide bonds. The second-order valence-electron chi connectivity index (χ2n) is 1.61. The summed E-state index contributed by atoms with van der Waals surface area (Å²) in [5.41, 5.74) is 1.24. The van der Waals surface area contributed by atoms with Gasteiger partial charge in [0.15, 0.2) is 0 Å². The van der Waals surface area contributed by atoms with Crippen LogP contribution in [0.2, 0.25) is 0 Å². The molecule has 1 aromatic heterocycles. The average Bonchev–Trinajstić information content (AvgIpc) is 1.90. The van der Waals surface area contributed by atoms with Crippen LogP contribution in [0.3, 0.4) is 0 Å². The first-order valence-corrected chi connectivity index (χ1v) is 2.61. The smallest absolute Gasteiger partial charge is 0.0269 e. The van der Waals surface area contributed by atoms with Gasteiger partial charge in [0.05, 0.1) is 0 Å². The molecule has 0 saturated heterocycles. The van der Waals surface area contributed by atoms with Crippen LogP contribution in [0.4, 0.5) is 0 Å². The van der Waals surface area contributed by atoms with E-state index in [0.717, 1.165) is 6.42 Å². The van der Waals surface area contributed by atoms with Crippen LogP contribution < -0.4 is 0 Å². The third kappa shape index (κ3) is 1.06. The molecule has 1 nitrogen and oxygen atoms in total. The number of rotatable bonds is 1. The van der Waals surface area contributed by atoms with Gasteiger partial charge < -0.3 is 6.92 Å². The number of pyridine rings is 1. The summed E-state index contributed by atoms with van der Waals surface area (Å²) in [7, 11) is 0. The summed E-state index contributed by atoms with van der Waals surface area (Å²) >= 11 is 0. The molecule has 0 spiro atoms. The molecule has 0 fully saturated rings. The van der Waals surface area contributed by atoms with Crippen molar-refractivity contribution in [3.63, 3.8) is 0 Å². The van der Waals surface area contributed by atoms with Crippen molar-refractivity contribution in [2.45, 2.75) is 6.42 Å². The van der Waals surface area contributed by atoms with Crippen molar-refractivity contribution in [3.8, 4) is 0 Å². The fourth-order valence-corrected chi connectivity index (χ4v) is 0.549. The van der Waals surface area contributed by atoms with E-state index in [1.807, 2.05) is 12.1 Å². The zero-order valence-corrected chi connectivity index (χ0v) is 4.67. The lowest BCUT2D eigenvalue weighted by molar-refractivity contribution is 1.21. The van der Waals surface area contributed by atoms with Crippen molar-refractivity contribution >= 4 is 0 Å². The van der Waals surface area contributed by atoms with E-state index in [0.29, 0.717) is 0 Å². The molecule has 0 atom stereocenters. The molecule has 0 aliphatic carbocycles. The minimum Gasteiger partial charge on any atom is -0.339 e. The molecule has 42 valence electrons. The predicted molar refractivity (Wildman–Crippen MR) is 33.3 cm³/mol. The van der Waals surface area contributed by atoms with E-state index >= 15 is 0 Å². The molecular weight excluding hydrogens is 98.1 g/mol. The highest BCUT2D eigenvalue weighted by Gasteiger charge is 1.76. The molecule has 1 heteroatoms. The standard InChI is InChI=1S/C7H8N/c1-2-7-3-5-8-6-4-7/h3-6H,1-2H2/q-1. The molecule has 0 aliphatic heterocycles. The first-order chi connectivity index (χ1) is 3.93. The Balaban J connectivity index is 2.83. The zero-order chi connectivity index (χ0) is 5.82. The Morgan fingerprint density at radius 2 is 2.00 bits per heavy atom. The Morgan fingerprint density at radius 3 is 2.38 bits per heavy atom. The maximum absolute atomic E-state index is 3.87. The SMILES string of the molecule is [CH2-]Cc1ccncc1. The van der Waals surface area contributed by atoms with Crippen molar-refractivity contribution in [3.05, 3.63) is 37.0 Å². The van der Waals surface area contributed by atoms with Gasteiger partial charge in [-0.3, -0.25) is 4.98 Å². The molecule has 0 unspecified atom stereocenters. The number of aromatic nitrogens is 1. The van der Waals surface area contributed by atoms with Crippen LogP contribution in [-0.4, -0.2) is 4.98 Å². The first-order valence-electron chi connectivity index (χ1n) is 2.61. The predicted octanol–water partition coefficient (Wildman–Crippen LogP) is 1.46. The van der Waals surface area contributed by atoms with Gasteiger partial charge in [-0.1, -0.05) is 5.56 Å². The van der Waals surface area contributed by atoms with Gasteiger partial charge in [0, 0.05) is 12.4 Å². The lowest BCUT2D eigenvalue weighted by Crippen LogP contribution is -1.77. The Kier molecular flexibility index (Phi) is 1.62. The molecule has 0 aliphatic rings. The van der Waals surface area contributed by atoms with Gasteiger partial charge in [0.1, 0.15) is 0 Å². The minimum absolute atomic E-state index is 0.850. The minimum atomic E-state index is 0.850. The normalized spacial score (nSPS) is 9.12. The molecule has 1 aromatic rings. The van der Waals surface area contributed by atoms with Gasteiger partial charge in [-0.05, 0) is 12.1 Å². The van der Waals surface area contributed by atoms with Crippen LogP contribution >= 0.6 is 0 Å². The largest absolute Gasteiger partial charge is 0.339 e. The molecule has 0 bridgehead atoms. The van der Waals surface area contributed by atoms with E-state index in [1.54, 1.807) is 12.4 Å². The lowest BCUT2D eigenvalue weighted by atomic mass is 10.2. The average molecular weight is 106 g/mol. The summed E-state index contributed by atoms with van der Waals surface area (Å²) in [5.74, 6) is 0. The van der Waals surface area contributed by atoms with Gasteiger partial charge in [0.2, 0.25) is 0 Å². The van der Waals surface area contributed by atoms with Gasteiger partial charge in [-0.2, -0.15) is 6.42 Å². The van der Waals surface area contributed by atoms with Gasteiger partial charge in [-0.15, -0.1) is 0 Å². The van der Waals surface area contributed by atoms with E-state index in [1.165, 1.54) is 5.56 Å². The summed E-state index contributed by atoms with van der Waals surface area (Å²) in [6.45, 7) is 3.73. The van der Waals surface area contributed by atoms with E-state index in [2.05, 4.69) is 11.9 Å². The van der Waals surface area contributed by atoms with E-state index in [-0.39, 0.29) is 0 Å². The van der Waals surface area contributed by atoms with E-state index in [4.69, 9.17) is 0 Å². The second-order valence-corrected chi connectivity index (χ2v) is 1.61. The maximum Gasteiger partial charge on any atom is 0.0269 e.